The molecule has 1 N–H and O–H groups in total. The minimum Gasteiger partial charge on any atom is -0.612 e. The van der Waals surface area contributed by atoms with Crippen molar-refractivity contribution in [2.24, 2.45) is 0 Å². The van der Waals surface area contributed by atoms with E-state index >= 15 is 0 Å². The molecule has 8 nitrogen and oxygen atoms in total. The van der Waals surface area contributed by atoms with E-state index in [2.05, 4.69) is 44.3 Å². The Hall–Kier alpha value is -3.40. The molecule has 0 amide bonds. The molecule has 1 aliphatic heterocycles. The number of hydrogen-bond acceptors (Lipinski definition) is 7. The van der Waals surface area contributed by atoms with Crippen molar-refractivity contribution in [3.63, 3.8) is 0 Å². The summed E-state index contributed by atoms with van der Waals surface area (Å²) in [6.07, 6.45) is 3.35. The van der Waals surface area contributed by atoms with Crippen LogP contribution in [0.5, 0.6) is 0 Å². The van der Waals surface area contributed by atoms with Crippen molar-refractivity contribution in [1.29, 1.82) is 0 Å². The molecular formula is C26H28N6O2S. The molecule has 0 radical (unpaired) electrons. The van der Waals surface area contributed by atoms with E-state index in [9.17, 15) is 9.35 Å². The number of aromatic nitrogens is 3. The molecule has 35 heavy (non-hydrogen) atoms. The Bertz CT molecular complexity index is 1380. The first-order valence-corrected chi connectivity index (χ1v) is 13.1. The zero-order valence-electron chi connectivity index (χ0n) is 19.8. The molecule has 1 atom stereocenters. The predicted octanol–water partition coefficient (Wildman–Crippen LogP) is 3.07. The highest BCUT2D eigenvalue weighted by Crippen LogP contribution is 2.22. The molecule has 0 spiro atoms. The number of nitrogens with one attached hydrogen (secondary N) is 1. The number of benzene rings is 2. The summed E-state index contributed by atoms with van der Waals surface area (Å²) in [6, 6.07) is 19.0. The van der Waals surface area contributed by atoms with Crippen molar-refractivity contribution in [3.8, 4) is 0 Å². The van der Waals surface area contributed by atoms with Gasteiger partial charge in [0.05, 0.1) is 6.54 Å². The molecular weight excluding hydrogens is 460 g/mol. The Kier molecular flexibility index (Phi) is 6.72. The van der Waals surface area contributed by atoms with Crippen LogP contribution in [0.3, 0.4) is 0 Å². The quantitative estimate of drug-likeness (QED) is 0.417. The normalized spacial score (nSPS) is 15.3. The van der Waals surface area contributed by atoms with Crippen LogP contribution in [-0.2, 0) is 17.7 Å². The molecule has 1 unspecified atom stereocenters. The van der Waals surface area contributed by atoms with E-state index in [1.807, 2.05) is 36.4 Å². The summed E-state index contributed by atoms with van der Waals surface area (Å²) in [5.74, 6) is 0.413. The zero-order valence-corrected chi connectivity index (χ0v) is 20.7. The van der Waals surface area contributed by atoms with Gasteiger partial charge < -0.3 is 19.7 Å². The van der Waals surface area contributed by atoms with Gasteiger partial charge in [0.25, 0.3) is 5.56 Å². The van der Waals surface area contributed by atoms with Crippen LogP contribution >= 0.6 is 0 Å². The second kappa shape index (κ2) is 10.1. The van der Waals surface area contributed by atoms with Gasteiger partial charge in [-0.3, -0.25) is 9.36 Å². The maximum absolute atomic E-state index is 12.8. The highest BCUT2D eigenvalue weighted by molar-refractivity contribution is 7.90. The Morgan fingerprint density at radius 1 is 1.00 bits per heavy atom. The largest absolute Gasteiger partial charge is 0.612 e. The first-order chi connectivity index (χ1) is 17.0. The van der Waals surface area contributed by atoms with Crippen LogP contribution in [0.1, 0.15) is 5.56 Å². The minimum atomic E-state index is -1.16. The van der Waals surface area contributed by atoms with E-state index in [1.165, 1.54) is 11.8 Å². The second-order valence-corrected chi connectivity index (χ2v) is 10.1. The number of likely N-dealkylation sites (N-methyl/N-ethyl adjacent to an activating group) is 1. The van der Waals surface area contributed by atoms with Crippen LogP contribution in [0.15, 0.2) is 76.6 Å². The van der Waals surface area contributed by atoms with Gasteiger partial charge in [-0.15, -0.1) is 0 Å². The molecule has 0 bridgehead atoms. The fourth-order valence-electron chi connectivity index (χ4n) is 4.32. The third-order valence-corrected chi connectivity index (χ3v) is 7.34. The second-order valence-electron chi connectivity index (χ2n) is 8.75. The summed E-state index contributed by atoms with van der Waals surface area (Å²) >= 11 is -1.16. The van der Waals surface area contributed by atoms with Gasteiger partial charge in [-0.25, -0.2) is 4.98 Å². The third kappa shape index (κ3) is 5.17. The van der Waals surface area contributed by atoms with Gasteiger partial charge in [0.15, 0.2) is 4.90 Å². The molecule has 1 saturated heterocycles. The van der Waals surface area contributed by atoms with Crippen LogP contribution in [0.2, 0.25) is 0 Å². The lowest BCUT2D eigenvalue weighted by molar-refractivity contribution is 0.313. The SMILES string of the molecule is CN1CCN(c2ccc(Nc3ncc4ccc(=O)n(Cc5ccccc5[S+](C)[O-])c4n3)cc2)CC1. The van der Waals surface area contributed by atoms with Crippen molar-refractivity contribution in [1.82, 2.24) is 19.4 Å². The molecule has 1 aliphatic rings. The van der Waals surface area contributed by atoms with Crippen LogP contribution < -0.4 is 15.8 Å². The van der Waals surface area contributed by atoms with E-state index in [1.54, 1.807) is 23.1 Å². The van der Waals surface area contributed by atoms with Crippen LogP contribution in [-0.4, -0.2) is 63.5 Å². The number of rotatable bonds is 6. The summed E-state index contributed by atoms with van der Waals surface area (Å²) in [5, 5.41) is 4.02. The molecule has 2 aromatic heterocycles. The van der Waals surface area contributed by atoms with E-state index in [0.29, 0.717) is 16.5 Å². The number of pyridine rings is 1. The Morgan fingerprint density at radius 2 is 1.74 bits per heavy atom. The van der Waals surface area contributed by atoms with Gasteiger partial charge >= 0.3 is 0 Å². The molecule has 5 rings (SSSR count). The molecule has 2 aromatic carbocycles. The first kappa shape index (κ1) is 23.3. The topological polar surface area (TPSA) is 89.3 Å². The summed E-state index contributed by atoms with van der Waals surface area (Å²) in [6.45, 7) is 4.44. The highest BCUT2D eigenvalue weighted by Gasteiger charge is 2.16. The Morgan fingerprint density at radius 3 is 2.49 bits per heavy atom. The Labute approximate surface area is 207 Å². The predicted molar refractivity (Wildman–Crippen MR) is 141 cm³/mol. The van der Waals surface area contributed by atoms with E-state index in [4.69, 9.17) is 0 Å². The van der Waals surface area contributed by atoms with Crippen molar-refractivity contribution >= 4 is 39.5 Å². The van der Waals surface area contributed by atoms with Gasteiger partial charge in [-0.05, 0) is 54.6 Å². The lowest BCUT2D eigenvalue weighted by atomic mass is 10.2. The highest BCUT2D eigenvalue weighted by atomic mass is 32.2. The van der Waals surface area contributed by atoms with Crippen LogP contribution in [0.25, 0.3) is 11.0 Å². The van der Waals surface area contributed by atoms with Gasteiger partial charge in [-0.1, -0.05) is 18.2 Å². The van der Waals surface area contributed by atoms with Gasteiger partial charge in [0.2, 0.25) is 5.95 Å². The van der Waals surface area contributed by atoms with Crippen molar-refractivity contribution in [2.75, 3.05) is 49.7 Å². The van der Waals surface area contributed by atoms with Gasteiger partial charge in [-0.2, -0.15) is 4.98 Å². The van der Waals surface area contributed by atoms with Gasteiger partial charge in [0.1, 0.15) is 11.9 Å². The number of piperazine rings is 1. The molecule has 0 saturated carbocycles. The van der Waals surface area contributed by atoms with E-state index < -0.39 is 11.2 Å². The maximum atomic E-state index is 12.8. The molecule has 3 heterocycles. The number of hydrogen-bond donors (Lipinski definition) is 1. The lowest BCUT2D eigenvalue weighted by Crippen LogP contribution is -2.44. The van der Waals surface area contributed by atoms with E-state index in [-0.39, 0.29) is 12.1 Å². The number of nitrogens with zero attached hydrogens (tertiary/aromatic N) is 5. The monoisotopic (exact) mass is 488 g/mol. The standard InChI is InChI=1S/C26H28N6O2S/c1-30-13-15-31(16-14-30)22-10-8-21(9-11-22)28-26-27-17-19-7-12-24(33)32(25(19)29-26)18-20-5-3-4-6-23(20)35(2)34/h3-12,17H,13-16,18H2,1-2H3,(H,27,28,29). The fourth-order valence-corrected chi connectivity index (χ4v) is 5.09. The van der Waals surface area contributed by atoms with E-state index in [0.717, 1.165) is 42.8 Å². The van der Waals surface area contributed by atoms with Crippen molar-refractivity contribution in [2.45, 2.75) is 11.4 Å². The summed E-state index contributed by atoms with van der Waals surface area (Å²) in [4.78, 5) is 27.3. The smallest absolute Gasteiger partial charge is 0.252 e. The van der Waals surface area contributed by atoms with Crippen molar-refractivity contribution in [3.05, 3.63) is 82.8 Å². The fraction of sp³-hybridized carbons (Fsp3) is 0.269. The molecule has 0 aliphatic carbocycles. The van der Waals surface area contributed by atoms with Gasteiger partial charge in [0, 0.05) is 60.8 Å². The number of anilines is 3. The molecule has 1 fully saturated rings. The van der Waals surface area contributed by atoms with Crippen LogP contribution in [0, 0.1) is 0 Å². The average molecular weight is 489 g/mol. The maximum Gasteiger partial charge on any atom is 0.252 e. The lowest BCUT2D eigenvalue weighted by Gasteiger charge is -2.34. The minimum absolute atomic E-state index is 0.171. The zero-order chi connectivity index (χ0) is 24.4. The molecule has 9 heteroatoms. The third-order valence-electron chi connectivity index (χ3n) is 6.33. The number of fused-ring (bicyclic) bond motifs is 1. The Balaban J connectivity index is 1.41. The summed E-state index contributed by atoms with van der Waals surface area (Å²) in [7, 11) is 2.15. The average Bonchev–Trinajstić information content (AvgIpc) is 2.87. The first-order valence-electron chi connectivity index (χ1n) is 11.6. The van der Waals surface area contributed by atoms with Crippen LogP contribution in [0.4, 0.5) is 17.3 Å². The molecule has 4 aromatic rings. The van der Waals surface area contributed by atoms with Crippen molar-refractivity contribution < 1.29 is 4.55 Å². The summed E-state index contributed by atoms with van der Waals surface area (Å²) < 4.78 is 13.8. The summed E-state index contributed by atoms with van der Waals surface area (Å²) in [5.41, 5.74) is 3.26. The molecule has 180 valence electrons.